The molecule has 1 N–H and O–H groups in total. The first-order valence-electron chi connectivity index (χ1n) is 12.0. The smallest absolute Gasteiger partial charge is 0.187 e. The van der Waals surface area contributed by atoms with Crippen LogP contribution < -0.4 is 5.32 Å². The zero-order chi connectivity index (χ0) is 25.1. The minimum Gasteiger partial charge on any atom is -0.381 e. The van der Waals surface area contributed by atoms with Crippen LogP contribution >= 0.6 is 0 Å². The second kappa shape index (κ2) is 9.97. The van der Waals surface area contributed by atoms with Crippen molar-refractivity contribution in [2.45, 2.75) is 32.7 Å². The number of nitrogens with one attached hydrogen (secondary N) is 1. The number of pyridine rings is 1. The van der Waals surface area contributed by atoms with E-state index in [1.54, 1.807) is 12.4 Å². The highest BCUT2D eigenvalue weighted by Crippen LogP contribution is 2.30. The quantitative estimate of drug-likeness (QED) is 0.376. The number of rotatable bonds is 8. The van der Waals surface area contributed by atoms with Crippen LogP contribution in [0.1, 0.15) is 32.2 Å². The first-order chi connectivity index (χ1) is 17.4. The molecule has 1 saturated heterocycles. The molecule has 0 radical (unpaired) electrons. The van der Waals surface area contributed by atoms with Crippen LogP contribution in [0.15, 0.2) is 59.4 Å². The van der Waals surface area contributed by atoms with Crippen molar-refractivity contribution in [3.05, 3.63) is 71.8 Å². The van der Waals surface area contributed by atoms with Gasteiger partial charge in [-0.05, 0) is 38.5 Å². The van der Waals surface area contributed by atoms with Crippen LogP contribution in [-0.4, -0.2) is 39.9 Å². The van der Waals surface area contributed by atoms with Gasteiger partial charge < -0.3 is 14.6 Å². The van der Waals surface area contributed by atoms with Crippen molar-refractivity contribution in [1.29, 1.82) is 5.26 Å². The van der Waals surface area contributed by atoms with Crippen LogP contribution in [0.2, 0.25) is 0 Å². The summed E-state index contributed by atoms with van der Waals surface area (Å²) in [4.78, 5) is 13.7. The summed E-state index contributed by atoms with van der Waals surface area (Å²) in [6, 6.07) is 16.2. The Hall–Kier alpha value is -3.93. The number of nitriles is 1. The fourth-order valence-corrected chi connectivity index (χ4v) is 3.95. The van der Waals surface area contributed by atoms with Gasteiger partial charge in [-0.3, -0.25) is 9.97 Å². The summed E-state index contributed by atoms with van der Waals surface area (Å²) >= 11 is 0. The molecule has 184 valence electrons. The Morgan fingerprint density at radius 1 is 1.08 bits per heavy atom. The van der Waals surface area contributed by atoms with Gasteiger partial charge in [0.15, 0.2) is 5.76 Å². The highest BCUT2D eigenvalue weighted by molar-refractivity contribution is 5.68. The van der Waals surface area contributed by atoms with Gasteiger partial charge in [0.25, 0.3) is 0 Å². The number of ether oxygens (including phenoxy) is 1. The molecule has 1 fully saturated rings. The van der Waals surface area contributed by atoms with E-state index in [1.165, 1.54) is 5.56 Å². The van der Waals surface area contributed by atoms with Crippen molar-refractivity contribution in [2.75, 3.05) is 19.8 Å². The van der Waals surface area contributed by atoms with Crippen LogP contribution in [0.3, 0.4) is 0 Å². The molecule has 0 unspecified atom stereocenters. The molecule has 36 heavy (non-hydrogen) atoms. The fourth-order valence-electron chi connectivity index (χ4n) is 3.95. The summed E-state index contributed by atoms with van der Waals surface area (Å²) in [6.07, 6.45) is 3.41. The van der Waals surface area contributed by atoms with Gasteiger partial charge in [-0.2, -0.15) is 5.26 Å². The van der Waals surface area contributed by atoms with E-state index in [2.05, 4.69) is 50.8 Å². The SMILES string of the molecule is Cc1ncc(-c2ccnc(C(C)(C)C#N)c2)nc1-c1cc(-c2ccc(CNCC3COC3)cc2)no1.[HH]. The van der Waals surface area contributed by atoms with Gasteiger partial charge in [0, 0.05) is 43.8 Å². The van der Waals surface area contributed by atoms with E-state index in [-0.39, 0.29) is 1.43 Å². The summed E-state index contributed by atoms with van der Waals surface area (Å²) in [5.41, 5.74) is 5.80. The number of hydrogen-bond donors (Lipinski definition) is 1. The minimum absolute atomic E-state index is 0. The molecule has 1 aromatic carbocycles. The van der Waals surface area contributed by atoms with E-state index in [0.717, 1.165) is 48.8 Å². The van der Waals surface area contributed by atoms with Crippen LogP contribution in [0, 0.1) is 24.2 Å². The van der Waals surface area contributed by atoms with Gasteiger partial charge in [-0.25, -0.2) is 4.98 Å². The van der Waals surface area contributed by atoms with Crippen LogP contribution in [-0.2, 0) is 16.7 Å². The number of nitrogens with zero attached hydrogens (tertiary/aromatic N) is 5. The molecule has 0 aliphatic carbocycles. The molecule has 1 aliphatic heterocycles. The average Bonchev–Trinajstić information content (AvgIpc) is 3.36. The number of hydrogen-bond acceptors (Lipinski definition) is 8. The van der Waals surface area contributed by atoms with E-state index in [9.17, 15) is 5.26 Å². The number of aromatic nitrogens is 4. The van der Waals surface area contributed by atoms with Crippen molar-refractivity contribution in [3.63, 3.8) is 0 Å². The maximum Gasteiger partial charge on any atom is 0.187 e. The molecule has 0 spiro atoms. The summed E-state index contributed by atoms with van der Waals surface area (Å²) in [6.45, 7) is 9.09. The Morgan fingerprint density at radius 2 is 1.89 bits per heavy atom. The second-order valence-electron chi connectivity index (χ2n) is 9.66. The summed E-state index contributed by atoms with van der Waals surface area (Å²) in [7, 11) is 0. The maximum atomic E-state index is 9.47. The van der Waals surface area contributed by atoms with Crippen LogP contribution in [0.5, 0.6) is 0 Å². The average molecular weight is 483 g/mol. The summed E-state index contributed by atoms with van der Waals surface area (Å²) in [5, 5.41) is 17.2. The highest BCUT2D eigenvalue weighted by atomic mass is 16.5. The molecule has 0 bridgehead atoms. The van der Waals surface area contributed by atoms with Gasteiger partial charge in [0.05, 0.1) is 48.0 Å². The van der Waals surface area contributed by atoms with Crippen LogP contribution in [0.4, 0.5) is 0 Å². The van der Waals surface area contributed by atoms with E-state index in [4.69, 9.17) is 14.2 Å². The molecular formula is C28H30N6O2. The largest absolute Gasteiger partial charge is 0.381 e. The molecule has 8 heteroatoms. The zero-order valence-corrected chi connectivity index (χ0v) is 20.7. The summed E-state index contributed by atoms with van der Waals surface area (Å²) < 4.78 is 10.9. The topological polar surface area (TPSA) is 110 Å². The molecule has 8 nitrogen and oxygen atoms in total. The first-order valence-corrected chi connectivity index (χ1v) is 12.0. The first kappa shape index (κ1) is 23.8. The lowest BCUT2D eigenvalue weighted by Gasteiger charge is -2.26. The van der Waals surface area contributed by atoms with Gasteiger partial charge in [0.1, 0.15) is 11.4 Å². The van der Waals surface area contributed by atoms with Crippen molar-refractivity contribution >= 4 is 0 Å². The lowest BCUT2D eigenvalue weighted by molar-refractivity contribution is -0.0307. The van der Waals surface area contributed by atoms with Crippen molar-refractivity contribution in [1.82, 2.24) is 25.4 Å². The third-order valence-corrected chi connectivity index (χ3v) is 6.39. The Balaban J connectivity index is 0.00000320. The Labute approximate surface area is 211 Å². The Kier molecular flexibility index (Phi) is 6.59. The maximum absolute atomic E-state index is 9.47. The normalized spacial score (nSPS) is 13.8. The molecular weight excluding hydrogens is 452 g/mol. The van der Waals surface area contributed by atoms with Gasteiger partial charge >= 0.3 is 0 Å². The molecule has 4 heterocycles. The number of benzene rings is 1. The summed E-state index contributed by atoms with van der Waals surface area (Å²) in [5.74, 6) is 1.19. The third-order valence-electron chi connectivity index (χ3n) is 6.39. The third kappa shape index (κ3) is 5.03. The predicted molar refractivity (Wildman–Crippen MR) is 138 cm³/mol. The molecule has 0 amide bonds. The molecule has 3 aromatic heterocycles. The predicted octanol–water partition coefficient (Wildman–Crippen LogP) is 4.95. The fraction of sp³-hybridized carbons (Fsp3) is 0.321. The lowest BCUT2D eigenvalue weighted by atomic mass is 9.90. The van der Waals surface area contributed by atoms with E-state index >= 15 is 0 Å². The van der Waals surface area contributed by atoms with E-state index in [0.29, 0.717) is 28.8 Å². The van der Waals surface area contributed by atoms with Crippen LogP contribution in [0.25, 0.3) is 34.0 Å². The van der Waals surface area contributed by atoms with Gasteiger partial charge in [-0.1, -0.05) is 29.4 Å². The number of aryl methyl sites for hydroxylation is 1. The monoisotopic (exact) mass is 482 g/mol. The minimum atomic E-state index is -0.700. The van der Waals surface area contributed by atoms with Gasteiger partial charge in [0.2, 0.25) is 0 Å². The molecule has 0 saturated carbocycles. The lowest BCUT2D eigenvalue weighted by Crippen LogP contribution is -2.36. The Morgan fingerprint density at radius 3 is 2.61 bits per heavy atom. The van der Waals surface area contributed by atoms with Gasteiger partial charge in [-0.15, -0.1) is 0 Å². The van der Waals surface area contributed by atoms with Crippen molar-refractivity contribution < 1.29 is 10.7 Å². The second-order valence-corrected chi connectivity index (χ2v) is 9.66. The van der Waals surface area contributed by atoms with E-state index in [1.807, 2.05) is 39.0 Å². The Bertz CT molecular complexity index is 1410. The zero-order valence-electron chi connectivity index (χ0n) is 20.7. The molecule has 4 aromatic rings. The van der Waals surface area contributed by atoms with Crippen molar-refractivity contribution in [2.24, 2.45) is 5.92 Å². The van der Waals surface area contributed by atoms with Crippen molar-refractivity contribution in [3.8, 4) is 40.0 Å². The highest BCUT2D eigenvalue weighted by Gasteiger charge is 2.22. The van der Waals surface area contributed by atoms with E-state index < -0.39 is 5.41 Å². The molecule has 1 aliphatic rings. The molecule has 0 atom stereocenters. The molecule has 5 rings (SSSR count). The standard InChI is InChI=1S/C28H28N6O2.H2/c1-18-27(33-24(14-32-18)22-8-9-31-26(10-22)28(2,3)17-29)25-11-23(34-36-25)21-6-4-19(5-7-21)12-30-13-20-15-35-16-20;/h4-11,14,20,30H,12-13,15-16H2,1-3H3;1H.